The minimum absolute atomic E-state index is 0.000188. The number of nitrogens with zero attached hydrogens (tertiary/aromatic N) is 7. The van der Waals surface area contributed by atoms with Gasteiger partial charge in [-0.2, -0.15) is 10.2 Å². The summed E-state index contributed by atoms with van der Waals surface area (Å²) in [7, 11) is 3.44. The van der Waals surface area contributed by atoms with Gasteiger partial charge in [0.1, 0.15) is 29.2 Å². The van der Waals surface area contributed by atoms with Gasteiger partial charge in [-0.3, -0.25) is 33.9 Å². The van der Waals surface area contributed by atoms with Crippen LogP contribution in [0.5, 0.6) is 5.75 Å². The predicted octanol–water partition coefficient (Wildman–Crippen LogP) is 4.02. The number of pyridine rings is 1. The molecule has 63 heavy (non-hydrogen) atoms. The molecule has 2 aliphatic heterocycles. The zero-order valence-corrected chi connectivity index (χ0v) is 36.7. The lowest BCUT2D eigenvalue weighted by Crippen LogP contribution is -2.58. The summed E-state index contributed by atoms with van der Waals surface area (Å²) >= 11 is 0. The van der Waals surface area contributed by atoms with Crippen LogP contribution in [0.4, 0.5) is 11.4 Å². The molecule has 332 valence electrons. The second-order valence-corrected chi connectivity index (χ2v) is 17.2. The number of aromatic amines is 1. The number of ether oxygens (including phenoxy) is 1. The highest BCUT2D eigenvalue weighted by Gasteiger charge is 2.44. The Morgan fingerprint density at radius 1 is 0.952 bits per heavy atom. The Labute approximate surface area is 367 Å². The number of methoxy groups -OCH3 is 1. The van der Waals surface area contributed by atoms with Crippen LogP contribution >= 0.6 is 0 Å². The number of piperazine rings is 1. The molecule has 5 N–H and O–H groups in total. The molecule has 3 aromatic heterocycles. The molecule has 17 nitrogen and oxygen atoms in total. The number of H-pyrrole nitrogens is 1. The van der Waals surface area contributed by atoms with Gasteiger partial charge in [-0.25, -0.2) is 4.98 Å². The normalized spacial score (nSPS) is 17.8. The Morgan fingerprint density at radius 2 is 1.71 bits per heavy atom. The second kappa shape index (κ2) is 19.2. The van der Waals surface area contributed by atoms with Gasteiger partial charge in [-0.05, 0) is 59.9 Å². The zero-order chi connectivity index (χ0) is 44.8. The number of rotatable bonds is 14. The minimum atomic E-state index is -0.912. The van der Waals surface area contributed by atoms with E-state index < -0.39 is 29.5 Å². The third-order valence-corrected chi connectivity index (χ3v) is 11.7. The van der Waals surface area contributed by atoms with Crippen molar-refractivity contribution in [1.82, 2.24) is 45.4 Å². The fourth-order valence-electron chi connectivity index (χ4n) is 8.11. The van der Waals surface area contributed by atoms with Gasteiger partial charge in [-0.1, -0.05) is 51.1 Å². The van der Waals surface area contributed by atoms with Crippen LogP contribution in [0, 0.1) is 5.41 Å². The smallest absolute Gasteiger partial charge is 0.274 e. The fraction of sp³-hybridized carbons (Fsp3) is 0.413. The summed E-state index contributed by atoms with van der Waals surface area (Å²) in [6.07, 6.45) is 2.86. The lowest BCUT2D eigenvalue weighted by molar-refractivity contribution is -0.144. The summed E-state index contributed by atoms with van der Waals surface area (Å²) in [4.78, 5) is 64.9. The molecule has 0 radical (unpaired) electrons. The first kappa shape index (κ1) is 44.5. The van der Waals surface area contributed by atoms with Crippen LogP contribution in [0.25, 0.3) is 22.6 Å². The fourth-order valence-corrected chi connectivity index (χ4v) is 8.11. The molecule has 2 aromatic carbocycles. The number of benzene rings is 2. The van der Waals surface area contributed by atoms with Crippen LogP contribution in [0.1, 0.15) is 62.6 Å². The van der Waals surface area contributed by atoms with Crippen LogP contribution in [0.3, 0.4) is 0 Å². The zero-order valence-electron chi connectivity index (χ0n) is 36.7. The number of carbonyl (C=O) groups is 4. The number of aliphatic hydroxyl groups excluding tert-OH is 1. The summed E-state index contributed by atoms with van der Waals surface area (Å²) in [6, 6.07) is 20.3. The topological polar surface area (TPSA) is 203 Å². The average molecular weight is 860 g/mol. The van der Waals surface area contributed by atoms with E-state index in [4.69, 9.17) is 4.74 Å². The molecule has 2 aliphatic rings. The van der Waals surface area contributed by atoms with Gasteiger partial charge in [0.05, 0.1) is 36.3 Å². The average Bonchev–Trinajstić information content (AvgIpc) is 4.07. The number of hydrogen-bond acceptors (Lipinski definition) is 11. The van der Waals surface area contributed by atoms with Crippen molar-refractivity contribution in [2.75, 3.05) is 56.6 Å². The number of hydrogen-bond donors (Lipinski definition) is 5. The standard InChI is InChI=1S/C46H57N11O6/c1-29(30-10-12-31(13-11-30)38-17-20-48-54(38)5)49-44(61)39-27-33(58)28-57(39)45(62)42(46(2,3)4)52-41(59)18-21-55-22-24-56(25-23-55)32-14-15-36(40(26-32)63-6)51-43(60)37-9-7-8-34(50-37)35-16-19-47-53-35/h7-17,19-20,26,29,33,39,42,58H,18,21-25,27-28H2,1-6H3,(H,47,53)(H,49,61)(H,51,60)(H,52,59)/t29-,33+,39-,42+/m0/s1. The largest absolute Gasteiger partial charge is 0.494 e. The van der Waals surface area contributed by atoms with Gasteiger partial charge in [-0.15, -0.1) is 0 Å². The van der Waals surface area contributed by atoms with Crippen LogP contribution in [-0.2, 0) is 21.4 Å². The molecule has 17 heteroatoms. The maximum absolute atomic E-state index is 14.2. The number of aliphatic hydroxyl groups is 1. The van der Waals surface area contributed by atoms with Gasteiger partial charge in [0.25, 0.3) is 5.91 Å². The maximum Gasteiger partial charge on any atom is 0.274 e. The third kappa shape index (κ3) is 10.5. The van der Waals surface area contributed by atoms with Crippen LogP contribution in [0.2, 0.25) is 0 Å². The number of aromatic nitrogens is 5. The molecule has 0 unspecified atom stereocenters. The van der Waals surface area contributed by atoms with E-state index in [1.165, 1.54) is 4.90 Å². The van der Waals surface area contributed by atoms with Crippen molar-refractivity contribution in [2.45, 2.75) is 64.8 Å². The quantitative estimate of drug-likeness (QED) is 0.108. The summed E-state index contributed by atoms with van der Waals surface area (Å²) < 4.78 is 7.46. The molecular weight excluding hydrogens is 803 g/mol. The molecule has 4 amide bonds. The molecule has 4 atom stereocenters. The predicted molar refractivity (Wildman–Crippen MR) is 239 cm³/mol. The monoisotopic (exact) mass is 859 g/mol. The number of likely N-dealkylation sites (tertiary alicyclic amines) is 1. The summed E-state index contributed by atoms with van der Waals surface area (Å²) in [5.41, 5.74) is 5.12. The van der Waals surface area contributed by atoms with E-state index >= 15 is 0 Å². The maximum atomic E-state index is 14.2. The molecule has 5 aromatic rings. The molecule has 2 fully saturated rings. The molecule has 5 heterocycles. The second-order valence-electron chi connectivity index (χ2n) is 17.2. The van der Waals surface area contributed by atoms with Crippen LogP contribution < -0.4 is 25.6 Å². The molecule has 7 rings (SSSR count). The van der Waals surface area contributed by atoms with Gasteiger partial charge >= 0.3 is 0 Å². The lowest BCUT2D eigenvalue weighted by Gasteiger charge is -2.37. The highest BCUT2D eigenvalue weighted by Crippen LogP contribution is 2.32. The first-order valence-corrected chi connectivity index (χ1v) is 21.3. The van der Waals surface area contributed by atoms with Crippen molar-refractivity contribution >= 4 is 35.0 Å². The van der Waals surface area contributed by atoms with E-state index in [0.29, 0.717) is 55.5 Å². The van der Waals surface area contributed by atoms with E-state index in [2.05, 4.69) is 46.0 Å². The summed E-state index contributed by atoms with van der Waals surface area (Å²) in [5, 5.41) is 30.8. The van der Waals surface area contributed by atoms with E-state index in [0.717, 1.165) is 22.5 Å². The number of carbonyl (C=O) groups excluding carboxylic acids is 4. The number of β-amino-alcohol motifs (C(OH)–C–C–N with tert-alkyl or cyclic N) is 1. The molecular formula is C46H57N11O6. The Morgan fingerprint density at radius 3 is 2.38 bits per heavy atom. The van der Waals surface area contributed by atoms with Gasteiger partial charge in [0.2, 0.25) is 17.7 Å². The highest BCUT2D eigenvalue weighted by molar-refractivity contribution is 6.04. The molecule has 2 saturated heterocycles. The van der Waals surface area contributed by atoms with E-state index in [9.17, 15) is 24.3 Å². The number of anilines is 2. The molecule has 0 saturated carbocycles. The van der Waals surface area contributed by atoms with Crippen LogP contribution in [0.15, 0.2) is 85.2 Å². The number of nitrogens with one attached hydrogen (secondary N) is 4. The van der Waals surface area contributed by atoms with Crippen molar-refractivity contribution in [3.05, 3.63) is 96.4 Å². The third-order valence-electron chi connectivity index (χ3n) is 11.7. The Kier molecular flexibility index (Phi) is 13.6. The van der Waals surface area contributed by atoms with E-state index in [-0.39, 0.29) is 48.8 Å². The number of aryl methyl sites for hydroxylation is 1. The van der Waals surface area contributed by atoms with Crippen molar-refractivity contribution in [2.24, 2.45) is 12.5 Å². The van der Waals surface area contributed by atoms with Crippen molar-refractivity contribution in [3.8, 4) is 28.4 Å². The van der Waals surface area contributed by atoms with Crippen LogP contribution in [-0.4, -0.2) is 128 Å². The molecule has 0 spiro atoms. The van der Waals surface area contributed by atoms with E-state index in [1.54, 1.807) is 48.5 Å². The summed E-state index contributed by atoms with van der Waals surface area (Å²) in [6.45, 7) is 10.9. The van der Waals surface area contributed by atoms with Crippen molar-refractivity contribution in [1.29, 1.82) is 0 Å². The van der Waals surface area contributed by atoms with E-state index in [1.807, 2.05) is 83.3 Å². The Balaban J connectivity index is 0.897. The SMILES string of the molecule is COc1cc(N2CCN(CCC(=O)N[C@H](C(=O)N3C[C@H](O)C[C@H]3C(=O)N[C@@H](C)c3ccc(-c4ccnn4C)cc3)C(C)(C)C)CC2)ccc1NC(=O)c1cccc(-c2cc[nH]n2)n1. The first-order valence-electron chi connectivity index (χ1n) is 21.3. The highest BCUT2D eigenvalue weighted by atomic mass is 16.5. The van der Waals surface area contributed by atoms with Crippen molar-refractivity contribution in [3.63, 3.8) is 0 Å². The van der Waals surface area contributed by atoms with Gasteiger partial charge in [0, 0.05) is 83.3 Å². The first-order chi connectivity index (χ1) is 30.2. The Bertz CT molecular complexity index is 2390. The Hall–Kier alpha value is -6.59. The molecule has 0 aliphatic carbocycles. The lowest BCUT2D eigenvalue weighted by atomic mass is 9.85. The molecule has 0 bridgehead atoms. The van der Waals surface area contributed by atoms with Gasteiger partial charge < -0.3 is 35.6 Å². The number of amides is 4. The van der Waals surface area contributed by atoms with Crippen molar-refractivity contribution < 1.29 is 29.0 Å². The van der Waals surface area contributed by atoms with Gasteiger partial charge in [0.15, 0.2) is 0 Å². The summed E-state index contributed by atoms with van der Waals surface area (Å²) in [5.74, 6) is -0.878. The minimum Gasteiger partial charge on any atom is -0.494 e.